The van der Waals surface area contributed by atoms with E-state index in [0.717, 1.165) is 10.8 Å². The molecule has 1 amide bonds. The molecule has 0 saturated heterocycles. The topological polar surface area (TPSA) is 49.3 Å². The van der Waals surface area contributed by atoms with Crippen LogP contribution in [0, 0.1) is 0 Å². The highest BCUT2D eigenvalue weighted by Gasteiger charge is 2.10. The molecule has 18 heavy (non-hydrogen) atoms. The molecule has 1 atom stereocenters. The maximum Gasteiger partial charge on any atom is 0.252 e. The summed E-state index contributed by atoms with van der Waals surface area (Å²) in [6.07, 6.45) is 0.152. The smallest absolute Gasteiger partial charge is 0.252 e. The van der Waals surface area contributed by atoms with E-state index >= 15 is 0 Å². The Labute approximate surface area is 106 Å². The summed E-state index contributed by atoms with van der Waals surface area (Å²) >= 11 is 0. The van der Waals surface area contributed by atoms with E-state index in [0.29, 0.717) is 18.5 Å². The third-order valence-electron chi connectivity index (χ3n) is 3.00. The van der Waals surface area contributed by atoms with Crippen molar-refractivity contribution >= 4 is 16.7 Å². The van der Waals surface area contributed by atoms with Crippen molar-refractivity contribution in [3.05, 3.63) is 48.0 Å². The summed E-state index contributed by atoms with van der Waals surface area (Å²) in [5.74, 6) is -0.140. The molecule has 0 aromatic heterocycles. The van der Waals surface area contributed by atoms with Gasteiger partial charge in [0, 0.05) is 12.1 Å². The molecule has 2 aromatic rings. The highest BCUT2D eigenvalue weighted by Crippen LogP contribution is 2.18. The first-order chi connectivity index (χ1) is 8.72. The van der Waals surface area contributed by atoms with Gasteiger partial charge in [-0.25, -0.2) is 0 Å². The molecular formula is C15H17NO2. The third-order valence-corrected chi connectivity index (χ3v) is 3.00. The Kier molecular flexibility index (Phi) is 3.95. The number of rotatable bonds is 4. The summed E-state index contributed by atoms with van der Waals surface area (Å²) in [5, 5.41) is 14.2. The van der Waals surface area contributed by atoms with Gasteiger partial charge in [0.05, 0.1) is 6.10 Å². The number of hydrogen-bond donors (Lipinski definition) is 2. The van der Waals surface area contributed by atoms with Crippen LogP contribution in [-0.4, -0.2) is 23.7 Å². The van der Waals surface area contributed by atoms with Gasteiger partial charge in [-0.3, -0.25) is 4.79 Å². The number of nitrogens with one attached hydrogen (secondary N) is 1. The highest BCUT2D eigenvalue weighted by molar-refractivity contribution is 6.06. The lowest BCUT2D eigenvalue weighted by Gasteiger charge is -2.11. The van der Waals surface area contributed by atoms with E-state index < -0.39 is 6.10 Å². The second-order valence-corrected chi connectivity index (χ2v) is 4.30. The quantitative estimate of drug-likeness (QED) is 0.866. The van der Waals surface area contributed by atoms with Gasteiger partial charge >= 0.3 is 0 Å². The molecule has 2 rings (SSSR count). The summed E-state index contributed by atoms with van der Waals surface area (Å²) in [7, 11) is 0. The minimum atomic E-state index is -0.482. The molecule has 2 aromatic carbocycles. The molecule has 0 saturated carbocycles. The number of carbonyl (C=O) groups excluding carboxylic acids is 1. The lowest BCUT2D eigenvalue weighted by molar-refractivity contribution is 0.0915. The van der Waals surface area contributed by atoms with Crippen LogP contribution in [0.1, 0.15) is 23.7 Å². The zero-order valence-electron chi connectivity index (χ0n) is 10.4. The summed E-state index contributed by atoms with van der Waals surface area (Å²) < 4.78 is 0. The van der Waals surface area contributed by atoms with Crippen LogP contribution in [0.25, 0.3) is 10.8 Å². The minimum absolute atomic E-state index is 0.140. The van der Waals surface area contributed by atoms with Crippen LogP contribution in [-0.2, 0) is 0 Å². The van der Waals surface area contributed by atoms with E-state index in [1.54, 1.807) is 6.07 Å². The Morgan fingerprint density at radius 1 is 1.22 bits per heavy atom. The molecule has 3 nitrogen and oxygen atoms in total. The average molecular weight is 243 g/mol. The molecule has 0 aliphatic heterocycles. The third kappa shape index (κ3) is 2.68. The van der Waals surface area contributed by atoms with Crippen molar-refractivity contribution in [1.82, 2.24) is 5.32 Å². The van der Waals surface area contributed by atoms with Crippen molar-refractivity contribution in [2.24, 2.45) is 0 Å². The fourth-order valence-electron chi connectivity index (χ4n) is 1.87. The van der Waals surface area contributed by atoms with Gasteiger partial charge in [-0.05, 0) is 23.3 Å². The van der Waals surface area contributed by atoms with Gasteiger partial charge in [-0.15, -0.1) is 0 Å². The second kappa shape index (κ2) is 5.65. The van der Waals surface area contributed by atoms with Crippen molar-refractivity contribution in [1.29, 1.82) is 0 Å². The Morgan fingerprint density at radius 3 is 2.72 bits per heavy atom. The first-order valence-corrected chi connectivity index (χ1v) is 6.16. The lowest BCUT2D eigenvalue weighted by Crippen LogP contribution is -2.31. The van der Waals surface area contributed by atoms with Gasteiger partial charge in [0.15, 0.2) is 0 Å². The number of carbonyl (C=O) groups is 1. The first kappa shape index (κ1) is 12.6. The zero-order valence-corrected chi connectivity index (χ0v) is 10.4. The molecule has 0 bridgehead atoms. The van der Waals surface area contributed by atoms with Gasteiger partial charge in [-0.1, -0.05) is 43.3 Å². The summed E-state index contributed by atoms with van der Waals surface area (Å²) in [4.78, 5) is 12.1. The van der Waals surface area contributed by atoms with Crippen molar-refractivity contribution in [3.8, 4) is 0 Å². The van der Waals surface area contributed by atoms with Crippen LogP contribution in [0.15, 0.2) is 42.5 Å². The maximum atomic E-state index is 12.1. The Bertz CT molecular complexity index is 546. The van der Waals surface area contributed by atoms with Gasteiger partial charge in [0.25, 0.3) is 5.91 Å². The Hall–Kier alpha value is -1.87. The second-order valence-electron chi connectivity index (χ2n) is 4.30. The Balaban J connectivity index is 2.22. The number of hydrogen-bond acceptors (Lipinski definition) is 2. The van der Waals surface area contributed by atoms with E-state index in [2.05, 4.69) is 5.32 Å². The van der Waals surface area contributed by atoms with Crippen molar-refractivity contribution in [3.63, 3.8) is 0 Å². The first-order valence-electron chi connectivity index (χ1n) is 6.16. The van der Waals surface area contributed by atoms with E-state index in [4.69, 9.17) is 0 Å². The predicted molar refractivity (Wildman–Crippen MR) is 72.6 cm³/mol. The molecule has 0 spiro atoms. The molecule has 2 N–H and O–H groups in total. The summed E-state index contributed by atoms with van der Waals surface area (Å²) in [6.45, 7) is 2.17. The molecule has 0 aliphatic rings. The molecular weight excluding hydrogens is 226 g/mol. The van der Waals surface area contributed by atoms with Crippen LogP contribution in [0.4, 0.5) is 0 Å². The molecule has 94 valence electrons. The minimum Gasteiger partial charge on any atom is -0.391 e. The van der Waals surface area contributed by atoms with Crippen LogP contribution in [0.5, 0.6) is 0 Å². The predicted octanol–water partition coefficient (Wildman–Crippen LogP) is 2.34. The van der Waals surface area contributed by atoms with Gasteiger partial charge < -0.3 is 10.4 Å². The van der Waals surface area contributed by atoms with E-state index in [-0.39, 0.29) is 5.91 Å². The SMILES string of the molecule is CCC(O)CNC(=O)c1cccc2ccccc12. The molecule has 1 unspecified atom stereocenters. The van der Waals surface area contributed by atoms with Crippen molar-refractivity contribution in [2.45, 2.75) is 19.4 Å². The maximum absolute atomic E-state index is 12.1. The summed E-state index contributed by atoms with van der Waals surface area (Å²) in [6, 6.07) is 13.4. The van der Waals surface area contributed by atoms with Crippen molar-refractivity contribution < 1.29 is 9.90 Å². The number of aliphatic hydroxyl groups is 1. The number of fused-ring (bicyclic) bond motifs is 1. The lowest BCUT2D eigenvalue weighted by atomic mass is 10.0. The molecule has 0 fully saturated rings. The average Bonchev–Trinajstić information content (AvgIpc) is 2.43. The standard InChI is InChI=1S/C15H17NO2/c1-2-12(17)10-16-15(18)14-9-5-7-11-6-3-4-8-13(11)14/h3-9,12,17H,2,10H2,1H3,(H,16,18). The van der Waals surface area contributed by atoms with Crippen LogP contribution >= 0.6 is 0 Å². The zero-order chi connectivity index (χ0) is 13.0. The number of aliphatic hydroxyl groups excluding tert-OH is 1. The van der Waals surface area contributed by atoms with Crippen molar-refractivity contribution in [2.75, 3.05) is 6.54 Å². The monoisotopic (exact) mass is 243 g/mol. The number of amides is 1. The van der Waals surface area contributed by atoms with Crippen LogP contribution in [0.3, 0.4) is 0 Å². The molecule has 0 radical (unpaired) electrons. The molecule has 3 heteroatoms. The van der Waals surface area contributed by atoms with Crippen LogP contribution in [0.2, 0.25) is 0 Å². The Morgan fingerprint density at radius 2 is 1.94 bits per heavy atom. The fourth-order valence-corrected chi connectivity index (χ4v) is 1.87. The van der Waals surface area contributed by atoms with Gasteiger partial charge in [-0.2, -0.15) is 0 Å². The molecule has 0 heterocycles. The molecule has 0 aliphatic carbocycles. The fraction of sp³-hybridized carbons (Fsp3) is 0.267. The van der Waals surface area contributed by atoms with Gasteiger partial charge in [0.2, 0.25) is 0 Å². The largest absolute Gasteiger partial charge is 0.391 e. The van der Waals surface area contributed by atoms with E-state index in [9.17, 15) is 9.90 Å². The van der Waals surface area contributed by atoms with Crippen LogP contribution < -0.4 is 5.32 Å². The highest BCUT2D eigenvalue weighted by atomic mass is 16.3. The normalized spacial score (nSPS) is 12.3. The van der Waals surface area contributed by atoms with E-state index in [1.165, 1.54) is 0 Å². The van der Waals surface area contributed by atoms with E-state index in [1.807, 2.05) is 43.3 Å². The summed E-state index contributed by atoms with van der Waals surface area (Å²) in [5.41, 5.74) is 0.649. The van der Waals surface area contributed by atoms with Gasteiger partial charge in [0.1, 0.15) is 0 Å². The number of benzene rings is 2.